The Balaban J connectivity index is 1.47. The fourth-order valence-electron chi connectivity index (χ4n) is 3.06. The summed E-state index contributed by atoms with van der Waals surface area (Å²) in [7, 11) is 0. The Hall–Kier alpha value is -2.76. The van der Waals surface area contributed by atoms with Crippen LogP contribution in [0, 0.1) is 0 Å². The summed E-state index contributed by atoms with van der Waals surface area (Å²) >= 11 is 0. The highest BCUT2D eigenvalue weighted by molar-refractivity contribution is 5.89. The van der Waals surface area contributed by atoms with Crippen molar-refractivity contribution in [2.75, 3.05) is 23.3 Å². The maximum absolute atomic E-state index is 4.51. The van der Waals surface area contributed by atoms with Crippen LogP contribution >= 0.6 is 0 Å². The lowest BCUT2D eigenvalue weighted by atomic mass is 10.0. The van der Waals surface area contributed by atoms with Crippen LogP contribution in [0.25, 0.3) is 10.9 Å². The molecule has 0 bridgehead atoms. The lowest BCUT2D eigenvalue weighted by Crippen LogP contribution is -2.39. The van der Waals surface area contributed by atoms with Crippen LogP contribution < -0.4 is 10.2 Å². The van der Waals surface area contributed by atoms with Gasteiger partial charge in [0.05, 0.1) is 5.52 Å². The molecule has 0 atom stereocenters. The third-order valence-electron chi connectivity index (χ3n) is 4.25. The largest absolute Gasteiger partial charge is 0.367 e. The van der Waals surface area contributed by atoms with E-state index in [4.69, 9.17) is 0 Å². The van der Waals surface area contributed by atoms with Crippen LogP contribution in [-0.2, 0) is 0 Å². The van der Waals surface area contributed by atoms with Crippen molar-refractivity contribution in [3.8, 4) is 0 Å². The second-order valence-corrected chi connectivity index (χ2v) is 5.71. The van der Waals surface area contributed by atoms with E-state index in [1.807, 2.05) is 24.3 Å². The van der Waals surface area contributed by atoms with Gasteiger partial charge in [0.2, 0.25) is 0 Å². The lowest BCUT2D eigenvalue weighted by Gasteiger charge is -2.33. The zero-order chi connectivity index (χ0) is 15.5. The quantitative estimate of drug-likeness (QED) is 0.802. The molecule has 1 aliphatic heterocycles. The number of para-hydroxylation sites is 1. The summed E-state index contributed by atoms with van der Waals surface area (Å²) in [5, 5.41) is 4.60. The summed E-state index contributed by atoms with van der Waals surface area (Å²) in [6.07, 6.45) is 7.11. The Morgan fingerprint density at radius 3 is 2.65 bits per heavy atom. The smallest absolute Gasteiger partial charge is 0.139 e. The van der Waals surface area contributed by atoms with Gasteiger partial charge in [-0.15, -0.1) is 0 Å². The molecule has 1 aromatic carbocycles. The van der Waals surface area contributed by atoms with E-state index in [0.29, 0.717) is 6.04 Å². The number of fused-ring (bicyclic) bond motifs is 1. The Labute approximate surface area is 134 Å². The van der Waals surface area contributed by atoms with Crippen LogP contribution in [0.2, 0.25) is 0 Å². The summed E-state index contributed by atoms with van der Waals surface area (Å²) in [5.74, 6) is 1.93. The highest BCUT2D eigenvalue weighted by Crippen LogP contribution is 2.26. The van der Waals surface area contributed by atoms with E-state index in [-0.39, 0.29) is 0 Å². The molecule has 1 fully saturated rings. The minimum absolute atomic E-state index is 0.439. The van der Waals surface area contributed by atoms with Crippen LogP contribution in [0.5, 0.6) is 0 Å². The van der Waals surface area contributed by atoms with Gasteiger partial charge >= 0.3 is 0 Å². The van der Waals surface area contributed by atoms with E-state index in [1.165, 1.54) is 0 Å². The fourth-order valence-corrected chi connectivity index (χ4v) is 3.06. The van der Waals surface area contributed by atoms with Crippen molar-refractivity contribution in [3.63, 3.8) is 0 Å². The Morgan fingerprint density at radius 2 is 1.83 bits per heavy atom. The number of nitrogens with one attached hydrogen (secondary N) is 1. The van der Waals surface area contributed by atoms with Gasteiger partial charge in [0.15, 0.2) is 0 Å². The summed E-state index contributed by atoms with van der Waals surface area (Å²) in [5.41, 5.74) is 0.999. The molecule has 1 saturated heterocycles. The van der Waals surface area contributed by atoms with Crippen molar-refractivity contribution < 1.29 is 0 Å². The molecule has 0 spiro atoms. The Kier molecular flexibility index (Phi) is 3.71. The van der Waals surface area contributed by atoms with E-state index in [9.17, 15) is 0 Å². The number of anilines is 2. The third kappa shape index (κ3) is 2.92. The van der Waals surface area contributed by atoms with Crippen LogP contribution in [0.15, 0.2) is 49.2 Å². The highest BCUT2D eigenvalue weighted by atomic mass is 15.2. The van der Waals surface area contributed by atoms with Crippen LogP contribution in [-0.4, -0.2) is 39.1 Å². The number of piperidine rings is 1. The molecule has 0 aliphatic carbocycles. The standard InChI is InChI=1S/C17H18N6/c1-2-4-15-14(3-1)17(21-12-19-15)23-9-6-13(7-10-23)22-16-5-8-18-11-20-16/h1-5,8,11-13H,6-7,9-10H2,(H,18,20,22). The zero-order valence-corrected chi connectivity index (χ0v) is 12.8. The third-order valence-corrected chi connectivity index (χ3v) is 4.25. The molecule has 3 heterocycles. The molecule has 1 aliphatic rings. The maximum atomic E-state index is 4.51. The molecule has 2 aromatic heterocycles. The molecule has 4 rings (SSSR count). The first-order valence-electron chi connectivity index (χ1n) is 7.87. The molecule has 0 amide bonds. The first kappa shape index (κ1) is 13.9. The summed E-state index contributed by atoms with van der Waals surface area (Å²) in [6.45, 7) is 1.95. The predicted molar refractivity (Wildman–Crippen MR) is 90.4 cm³/mol. The number of hydrogen-bond donors (Lipinski definition) is 1. The molecule has 0 unspecified atom stereocenters. The average molecular weight is 306 g/mol. The van der Waals surface area contributed by atoms with Crippen molar-refractivity contribution in [1.29, 1.82) is 0 Å². The summed E-state index contributed by atoms with van der Waals surface area (Å²) in [4.78, 5) is 19.4. The van der Waals surface area contributed by atoms with Crippen molar-refractivity contribution in [2.45, 2.75) is 18.9 Å². The average Bonchev–Trinajstić information content (AvgIpc) is 2.63. The monoisotopic (exact) mass is 306 g/mol. The van der Waals surface area contributed by atoms with E-state index in [1.54, 1.807) is 18.9 Å². The van der Waals surface area contributed by atoms with Crippen molar-refractivity contribution in [3.05, 3.63) is 49.2 Å². The molecular weight excluding hydrogens is 288 g/mol. The van der Waals surface area contributed by atoms with E-state index in [0.717, 1.165) is 48.5 Å². The van der Waals surface area contributed by atoms with Crippen molar-refractivity contribution in [2.24, 2.45) is 0 Å². The van der Waals surface area contributed by atoms with Gasteiger partial charge in [-0.25, -0.2) is 19.9 Å². The molecule has 116 valence electrons. The maximum Gasteiger partial charge on any atom is 0.139 e. The van der Waals surface area contributed by atoms with E-state index >= 15 is 0 Å². The Bertz CT molecular complexity index is 778. The lowest BCUT2D eigenvalue weighted by molar-refractivity contribution is 0.523. The van der Waals surface area contributed by atoms with Gasteiger partial charge in [-0.05, 0) is 31.0 Å². The molecule has 0 saturated carbocycles. The second kappa shape index (κ2) is 6.16. The van der Waals surface area contributed by atoms with Crippen LogP contribution in [0.3, 0.4) is 0 Å². The number of benzene rings is 1. The van der Waals surface area contributed by atoms with Gasteiger partial charge in [-0.3, -0.25) is 0 Å². The summed E-state index contributed by atoms with van der Waals surface area (Å²) < 4.78 is 0. The second-order valence-electron chi connectivity index (χ2n) is 5.71. The van der Waals surface area contributed by atoms with Gasteiger partial charge in [-0.1, -0.05) is 12.1 Å². The zero-order valence-electron chi connectivity index (χ0n) is 12.8. The normalized spacial score (nSPS) is 15.7. The first-order valence-corrected chi connectivity index (χ1v) is 7.87. The predicted octanol–water partition coefficient (Wildman–Crippen LogP) is 2.50. The minimum atomic E-state index is 0.439. The van der Waals surface area contributed by atoms with Gasteiger partial charge in [0, 0.05) is 30.7 Å². The molecule has 6 nitrogen and oxygen atoms in total. The summed E-state index contributed by atoms with van der Waals surface area (Å²) in [6, 6.07) is 10.5. The van der Waals surface area contributed by atoms with Gasteiger partial charge in [0.1, 0.15) is 24.3 Å². The highest BCUT2D eigenvalue weighted by Gasteiger charge is 2.21. The number of nitrogens with zero attached hydrogens (tertiary/aromatic N) is 5. The number of rotatable bonds is 3. The fraction of sp³-hybridized carbons (Fsp3) is 0.294. The Morgan fingerprint density at radius 1 is 0.957 bits per heavy atom. The minimum Gasteiger partial charge on any atom is -0.367 e. The van der Waals surface area contributed by atoms with Crippen LogP contribution in [0.4, 0.5) is 11.6 Å². The molecule has 6 heteroatoms. The molecule has 1 N–H and O–H groups in total. The number of hydrogen-bond acceptors (Lipinski definition) is 6. The molecule has 3 aromatic rings. The van der Waals surface area contributed by atoms with Crippen molar-refractivity contribution >= 4 is 22.5 Å². The van der Waals surface area contributed by atoms with Gasteiger partial charge in [0.25, 0.3) is 0 Å². The van der Waals surface area contributed by atoms with Gasteiger partial charge in [-0.2, -0.15) is 0 Å². The van der Waals surface area contributed by atoms with E-state index in [2.05, 4.69) is 36.2 Å². The topological polar surface area (TPSA) is 66.8 Å². The molecule has 0 radical (unpaired) electrons. The van der Waals surface area contributed by atoms with Crippen LogP contribution in [0.1, 0.15) is 12.8 Å². The number of aromatic nitrogens is 4. The molecule has 23 heavy (non-hydrogen) atoms. The van der Waals surface area contributed by atoms with E-state index < -0.39 is 0 Å². The van der Waals surface area contributed by atoms with Gasteiger partial charge < -0.3 is 10.2 Å². The van der Waals surface area contributed by atoms with Crippen molar-refractivity contribution in [1.82, 2.24) is 19.9 Å². The molecular formula is C17H18N6. The first-order chi connectivity index (χ1) is 11.4. The SMILES string of the molecule is c1ccc2c(N3CCC(Nc4ccncn4)CC3)ncnc2c1.